The van der Waals surface area contributed by atoms with Crippen molar-refractivity contribution in [3.8, 4) is 5.75 Å². The minimum atomic E-state index is -0.912. The minimum Gasteiger partial charge on any atom is -0.497 e. The number of nitrogens with one attached hydrogen (secondary N) is 2. The van der Waals surface area contributed by atoms with E-state index < -0.39 is 12.1 Å². The summed E-state index contributed by atoms with van der Waals surface area (Å²) in [4.78, 5) is 42.0. The summed E-state index contributed by atoms with van der Waals surface area (Å²) in [5.41, 5.74) is 8.86. The number of hydrogen-bond donors (Lipinski definition) is 3. The molecular weight excluding hydrogens is 528 g/mol. The van der Waals surface area contributed by atoms with E-state index in [1.54, 1.807) is 33.3 Å². The number of likely N-dealkylation sites (N-methyl/N-ethyl adjacent to an activating group) is 2. The zero-order chi connectivity index (χ0) is 30.1. The Hall–Kier alpha value is -4.69. The maximum absolute atomic E-state index is 14.1. The fraction of sp³-hybridized carbons (Fsp3) is 0.265. The standard InChI is InChI=1S/C34H38N4O4/c1-36-33(40)31(22-24-12-15-29(42-3)16-13-24)38(2)34(41)30(21-25-11-14-26-8-4-5-9-27(26)20-25)37-32(39)28-10-6-7-23(19-28)17-18-35/h4-16,19-20,30-31H,17-18,21-22,35H2,1-3H3,(H,36,40)(H,37,39). The van der Waals surface area contributed by atoms with Crippen molar-refractivity contribution in [2.24, 2.45) is 5.73 Å². The summed E-state index contributed by atoms with van der Waals surface area (Å²) in [7, 11) is 4.74. The lowest BCUT2D eigenvalue weighted by Crippen LogP contribution is -2.55. The molecule has 0 saturated carbocycles. The van der Waals surface area contributed by atoms with E-state index in [1.807, 2.05) is 78.9 Å². The van der Waals surface area contributed by atoms with Crippen LogP contribution in [0.2, 0.25) is 0 Å². The number of methoxy groups -OCH3 is 1. The van der Waals surface area contributed by atoms with Crippen molar-refractivity contribution in [3.63, 3.8) is 0 Å². The Morgan fingerprint density at radius 2 is 1.55 bits per heavy atom. The van der Waals surface area contributed by atoms with Crippen molar-refractivity contribution in [3.05, 3.63) is 113 Å². The zero-order valence-corrected chi connectivity index (χ0v) is 24.3. The van der Waals surface area contributed by atoms with Crippen LogP contribution < -0.4 is 21.1 Å². The third-order valence-electron chi connectivity index (χ3n) is 7.43. The Kier molecular flexibility index (Phi) is 10.3. The number of benzene rings is 4. The summed E-state index contributed by atoms with van der Waals surface area (Å²) in [6, 6.07) is 26.9. The maximum atomic E-state index is 14.1. The fourth-order valence-electron chi connectivity index (χ4n) is 5.03. The molecule has 0 aliphatic heterocycles. The molecule has 3 amide bonds. The number of hydrogen-bond acceptors (Lipinski definition) is 5. The number of fused-ring (bicyclic) bond motifs is 1. The summed E-state index contributed by atoms with van der Waals surface area (Å²) in [6.07, 6.45) is 1.19. The Balaban J connectivity index is 1.63. The quantitative estimate of drug-likeness (QED) is 0.243. The normalized spacial score (nSPS) is 12.3. The van der Waals surface area contributed by atoms with Crippen LogP contribution in [0.25, 0.3) is 10.8 Å². The maximum Gasteiger partial charge on any atom is 0.251 e. The molecule has 0 aromatic heterocycles. The van der Waals surface area contributed by atoms with Crippen LogP contribution in [-0.4, -0.2) is 62.5 Å². The predicted molar refractivity (Wildman–Crippen MR) is 165 cm³/mol. The summed E-state index contributed by atoms with van der Waals surface area (Å²) in [5, 5.41) is 7.77. The highest BCUT2D eigenvalue weighted by Crippen LogP contribution is 2.19. The van der Waals surface area contributed by atoms with Crippen molar-refractivity contribution >= 4 is 28.5 Å². The number of nitrogens with two attached hydrogens (primary N) is 1. The molecule has 0 bridgehead atoms. The van der Waals surface area contributed by atoms with Crippen LogP contribution in [0.15, 0.2) is 91.0 Å². The minimum absolute atomic E-state index is 0.255. The van der Waals surface area contributed by atoms with Gasteiger partial charge in [-0.3, -0.25) is 14.4 Å². The molecule has 0 aliphatic rings. The lowest BCUT2D eigenvalue weighted by atomic mass is 9.98. The van der Waals surface area contributed by atoms with Gasteiger partial charge < -0.3 is 26.0 Å². The first-order valence-electron chi connectivity index (χ1n) is 14.0. The van der Waals surface area contributed by atoms with Crippen LogP contribution in [0.5, 0.6) is 5.75 Å². The molecule has 8 nitrogen and oxygen atoms in total. The van der Waals surface area contributed by atoms with Gasteiger partial charge in [-0.1, -0.05) is 66.7 Å². The molecule has 0 radical (unpaired) electrons. The number of nitrogens with zero attached hydrogens (tertiary/aromatic N) is 1. The van der Waals surface area contributed by atoms with Crippen LogP contribution in [0, 0.1) is 0 Å². The van der Waals surface area contributed by atoms with Gasteiger partial charge in [0, 0.05) is 32.5 Å². The lowest BCUT2D eigenvalue weighted by molar-refractivity contribution is -0.140. The Morgan fingerprint density at radius 3 is 2.24 bits per heavy atom. The van der Waals surface area contributed by atoms with Gasteiger partial charge >= 0.3 is 0 Å². The van der Waals surface area contributed by atoms with Crippen LogP contribution in [0.1, 0.15) is 27.0 Å². The van der Waals surface area contributed by atoms with Crippen molar-refractivity contribution in [2.45, 2.75) is 31.3 Å². The Bertz CT molecular complexity index is 1540. The molecule has 0 aliphatic carbocycles. The molecule has 0 spiro atoms. The highest BCUT2D eigenvalue weighted by atomic mass is 16.5. The van der Waals surface area contributed by atoms with Gasteiger partial charge in [-0.15, -0.1) is 0 Å². The van der Waals surface area contributed by atoms with E-state index >= 15 is 0 Å². The second kappa shape index (κ2) is 14.3. The molecule has 4 N–H and O–H groups in total. The predicted octanol–water partition coefficient (Wildman–Crippen LogP) is 3.51. The fourth-order valence-corrected chi connectivity index (χ4v) is 5.03. The Labute approximate surface area is 246 Å². The van der Waals surface area contributed by atoms with E-state index in [9.17, 15) is 14.4 Å². The molecule has 0 heterocycles. The van der Waals surface area contributed by atoms with Gasteiger partial charge in [0.15, 0.2) is 0 Å². The average molecular weight is 567 g/mol. The van der Waals surface area contributed by atoms with Crippen LogP contribution >= 0.6 is 0 Å². The van der Waals surface area contributed by atoms with E-state index in [4.69, 9.17) is 10.5 Å². The third kappa shape index (κ3) is 7.53. The SMILES string of the molecule is CNC(=O)C(Cc1ccc(OC)cc1)N(C)C(=O)C(Cc1ccc2ccccc2c1)NC(=O)c1cccc(CCN)c1. The first-order valence-corrected chi connectivity index (χ1v) is 14.0. The van der Waals surface area contributed by atoms with Crippen LogP contribution in [0.4, 0.5) is 0 Å². The molecule has 8 heteroatoms. The number of ether oxygens (including phenoxy) is 1. The summed E-state index contributed by atoms with van der Waals surface area (Å²) >= 11 is 0. The van der Waals surface area contributed by atoms with E-state index in [1.165, 1.54) is 4.90 Å². The van der Waals surface area contributed by atoms with Crippen molar-refractivity contribution in [2.75, 3.05) is 27.7 Å². The lowest BCUT2D eigenvalue weighted by Gasteiger charge is -2.31. The Morgan fingerprint density at radius 1 is 0.833 bits per heavy atom. The highest BCUT2D eigenvalue weighted by Gasteiger charge is 2.32. The van der Waals surface area contributed by atoms with Gasteiger partial charge in [0.1, 0.15) is 17.8 Å². The zero-order valence-electron chi connectivity index (χ0n) is 24.3. The van der Waals surface area contributed by atoms with Crippen molar-refractivity contribution in [1.29, 1.82) is 0 Å². The monoisotopic (exact) mass is 566 g/mol. The first kappa shape index (κ1) is 30.3. The molecule has 0 saturated heterocycles. The van der Waals surface area contributed by atoms with E-state index in [2.05, 4.69) is 10.6 Å². The van der Waals surface area contributed by atoms with Gasteiger partial charge in [-0.25, -0.2) is 0 Å². The van der Waals surface area contributed by atoms with Gasteiger partial charge in [-0.05, 0) is 64.7 Å². The van der Waals surface area contributed by atoms with Gasteiger partial charge in [0.05, 0.1) is 7.11 Å². The van der Waals surface area contributed by atoms with Crippen LogP contribution in [-0.2, 0) is 28.9 Å². The molecule has 2 atom stereocenters. The second-order valence-electron chi connectivity index (χ2n) is 10.3. The molecule has 0 fully saturated rings. The van der Waals surface area contributed by atoms with E-state index in [0.29, 0.717) is 30.7 Å². The number of rotatable bonds is 12. The molecule has 4 aromatic rings. The summed E-state index contributed by atoms with van der Waals surface area (Å²) in [5.74, 6) is -0.329. The summed E-state index contributed by atoms with van der Waals surface area (Å²) in [6.45, 7) is 0.466. The number of amides is 3. The number of carbonyl (C=O) groups excluding carboxylic acids is 3. The average Bonchev–Trinajstić information content (AvgIpc) is 3.02. The molecule has 4 rings (SSSR count). The molecule has 4 aromatic carbocycles. The van der Waals surface area contributed by atoms with Crippen molar-refractivity contribution in [1.82, 2.24) is 15.5 Å². The molecule has 218 valence electrons. The smallest absolute Gasteiger partial charge is 0.251 e. The third-order valence-corrected chi connectivity index (χ3v) is 7.43. The van der Waals surface area contributed by atoms with E-state index in [-0.39, 0.29) is 24.1 Å². The topological polar surface area (TPSA) is 114 Å². The summed E-state index contributed by atoms with van der Waals surface area (Å²) < 4.78 is 5.25. The van der Waals surface area contributed by atoms with Crippen LogP contribution in [0.3, 0.4) is 0 Å². The first-order chi connectivity index (χ1) is 20.3. The largest absolute Gasteiger partial charge is 0.497 e. The number of carbonyl (C=O) groups is 3. The van der Waals surface area contributed by atoms with Crippen molar-refractivity contribution < 1.29 is 19.1 Å². The molecule has 2 unspecified atom stereocenters. The molecule has 42 heavy (non-hydrogen) atoms. The van der Waals surface area contributed by atoms with Gasteiger partial charge in [-0.2, -0.15) is 0 Å². The van der Waals surface area contributed by atoms with Gasteiger partial charge in [0.25, 0.3) is 5.91 Å². The van der Waals surface area contributed by atoms with E-state index in [0.717, 1.165) is 27.5 Å². The second-order valence-corrected chi connectivity index (χ2v) is 10.3. The van der Waals surface area contributed by atoms with Gasteiger partial charge in [0.2, 0.25) is 11.8 Å². The molecular formula is C34H38N4O4. The highest BCUT2D eigenvalue weighted by molar-refractivity contribution is 5.98.